The molecule has 2 aliphatic rings. The zero-order valence-corrected chi connectivity index (χ0v) is 19.4. The van der Waals surface area contributed by atoms with Crippen molar-refractivity contribution >= 4 is 23.7 Å². The Morgan fingerprint density at radius 1 is 0.938 bits per heavy atom. The number of likely N-dealkylation sites (tertiary alicyclic amines) is 1. The molecule has 0 aromatic heterocycles. The number of para-hydroxylation sites is 1. The molecule has 176 valence electrons. The smallest absolute Gasteiger partial charge is 0.410 e. The molecule has 0 aliphatic carbocycles. The van der Waals surface area contributed by atoms with Crippen molar-refractivity contribution in [2.75, 3.05) is 38.2 Å². The molecule has 1 N–H and O–H groups in total. The van der Waals surface area contributed by atoms with Crippen LogP contribution < -0.4 is 4.90 Å². The van der Waals surface area contributed by atoms with Crippen LogP contribution in [0.2, 0.25) is 0 Å². The van der Waals surface area contributed by atoms with Crippen LogP contribution in [0.25, 0.3) is 0 Å². The number of carboxylic acid groups (broad SMARTS) is 1. The number of carboxylic acids is 1. The fraction of sp³-hybridized carbons (Fsp3) is 0.625. The van der Waals surface area contributed by atoms with Crippen LogP contribution in [0.4, 0.5) is 10.5 Å². The van der Waals surface area contributed by atoms with E-state index >= 15 is 0 Å². The summed E-state index contributed by atoms with van der Waals surface area (Å²) in [4.78, 5) is 40.1. The number of aromatic carboxylic acids is 1. The summed E-state index contributed by atoms with van der Waals surface area (Å²) in [7, 11) is 1.30. The van der Waals surface area contributed by atoms with E-state index in [1.807, 2.05) is 25.7 Å². The van der Waals surface area contributed by atoms with E-state index in [1.165, 1.54) is 13.2 Å². The van der Waals surface area contributed by atoms with Crippen molar-refractivity contribution in [1.82, 2.24) is 4.90 Å². The van der Waals surface area contributed by atoms with E-state index in [4.69, 9.17) is 9.47 Å². The minimum absolute atomic E-state index is 0.122. The van der Waals surface area contributed by atoms with Crippen molar-refractivity contribution in [3.8, 4) is 0 Å². The average Bonchev–Trinajstić information content (AvgIpc) is 2.77. The molecular formula is C24H34N2O6. The van der Waals surface area contributed by atoms with E-state index < -0.39 is 17.5 Å². The molecule has 32 heavy (non-hydrogen) atoms. The number of methoxy groups -OCH3 is 1. The van der Waals surface area contributed by atoms with Crippen LogP contribution >= 0.6 is 0 Å². The van der Waals surface area contributed by atoms with Gasteiger partial charge in [-0.3, -0.25) is 0 Å². The van der Waals surface area contributed by atoms with E-state index in [1.54, 1.807) is 17.0 Å². The zero-order chi connectivity index (χ0) is 23.5. The third kappa shape index (κ3) is 5.53. The number of amides is 1. The maximum Gasteiger partial charge on any atom is 0.410 e. The molecular weight excluding hydrogens is 412 g/mol. The van der Waals surface area contributed by atoms with Crippen molar-refractivity contribution < 1.29 is 29.0 Å². The van der Waals surface area contributed by atoms with Gasteiger partial charge in [-0.25, -0.2) is 14.4 Å². The lowest BCUT2D eigenvalue weighted by Gasteiger charge is -2.41. The second-order valence-corrected chi connectivity index (χ2v) is 9.63. The van der Waals surface area contributed by atoms with E-state index in [0.29, 0.717) is 43.7 Å². The van der Waals surface area contributed by atoms with Gasteiger partial charge in [0.05, 0.1) is 23.9 Å². The molecule has 0 saturated carbocycles. The molecule has 1 aromatic rings. The Labute approximate surface area is 189 Å². The normalized spacial score (nSPS) is 18.4. The van der Waals surface area contributed by atoms with Gasteiger partial charge in [-0.2, -0.15) is 0 Å². The fourth-order valence-electron chi connectivity index (χ4n) is 4.81. The van der Waals surface area contributed by atoms with Crippen molar-refractivity contribution in [3.63, 3.8) is 0 Å². The van der Waals surface area contributed by atoms with Gasteiger partial charge in [0, 0.05) is 26.2 Å². The standard InChI is InChI=1S/C24H34N2O6/c1-24(2,3)32-23(30)26-14-10-17(11-15-26)16-8-12-25(13-9-16)20-18(21(27)28)6-5-7-19(20)22(29)31-4/h5-7,16-17H,8-15H2,1-4H3,(H,27,28). The highest BCUT2D eigenvalue weighted by Crippen LogP contribution is 2.36. The predicted molar refractivity (Wildman–Crippen MR) is 120 cm³/mol. The monoisotopic (exact) mass is 446 g/mol. The molecule has 0 radical (unpaired) electrons. The van der Waals surface area contributed by atoms with Gasteiger partial charge in [-0.1, -0.05) is 6.07 Å². The Balaban J connectivity index is 1.62. The first-order chi connectivity index (χ1) is 15.1. The van der Waals surface area contributed by atoms with Crippen LogP contribution in [0.5, 0.6) is 0 Å². The van der Waals surface area contributed by atoms with Gasteiger partial charge in [-0.05, 0) is 70.4 Å². The molecule has 3 rings (SSSR count). The van der Waals surface area contributed by atoms with Crippen LogP contribution in [-0.2, 0) is 9.47 Å². The third-order valence-corrected chi connectivity index (χ3v) is 6.39. The molecule has 0 bridgehead atoms. The van der Waals surface area contributed by atoms with Crippen LogP contribution in [-0.4, -0.2) is 66.9 Å². The van der Waals surface area contributed by atoms with Gasteiger partial charge >= 0.3 is 18.0 Å². The first-order valence-electron chi connectivity index (χ1n) is 11.3. The van der Waals surface area contributed by atoms with E-state index in [9.17, 15) is 19.5 Å². The molecule has 1 aromatic carbocycles. The molecule has 2 aliphatic heterocycles. The molecule has 1 amide bonds. The first kappa shape index (κ1) is 23.9. The number of esters is 1. The second-order valence-electron chi connectivity index (χ2n) is 9.63. The maximum absolute atomic E-state index is 12.3. The van der Waals surface area contributed by atoms with Crippen molar-refractivity contribution in [3.05, 3.63) is 29.3 Å². The molecule has 0 atom stereocenters. The topological polar surface area (TPSA) is 96.4 Å². The third-order valence-electron chi connectivity index (χ3n) is 6.39. The van der Waals surface area contributed by atoms with Gasteiger partial charge in [0.1, 0.15) is 5.60 Å². The highest BCUT2D eigenvalue weighted by Gasteiger charge is 2.34. The predicted octanol–water partition coefficient (Wildman–Crippen LogP) is 4.03. The Morgan fingerprint density at radius 2 is 1.47 bits per heavy atom. The number of rotatable bonds is 4. The zero-order valence-electron chi connectivity index (χ0n) is 19.4. The minimum Gasteiger partial charge on any atom is -0.478 e. The SMILES string of the molecule is COC(=O)c1cccc(C(=O)O)c1N1CCC(C2CCN(C(=O)OC(C)(C)C)CC2)CC1. The summed E-state index contributed by atoms with van der Waals surface area (Å²) in [6.07, 6.45) is 3.50. The number of hydrogen-bond donors (Lipinski definition) is 1. The highest BCUT2D eigenvalue weighted by atomic mass is 16.6. The number of ether oxygens (including phenoxy) is 2. The van der Waals surface area contributed by atoms with Crippen LogP contribution in [0.1, 0.15) is 67.2 Å². The van der Waals surface area contributed by atoms with E-state index in [0.717, 1.165) is 25.7 Å². The number of anilines is 1. The van der Waals surface area contributed by atoms with Gasteiger partial charge in [0.25, 0.3) is 0 Å². The Bertz CT molecular complexity index is 847. The summed E-state index contributed by atoms with van der Waals surface area (Å²) >= 11 is 0. The lowest BCUT2D eigenvalue weighted by atomic mass is 9.78. The lowest BCUT2D eigenvalue weighted by Crippen LogP contribution is -2.44. The number of piperidine rings is 2. The molecule has 2 heterocycles. The minimum atomic E-state index is -1.05. The first-order valence-corrected chi connectivity index (χ1v) is 11.3. The number of benzene rings is 1. The largest absolute Gasteiger partial charge is 0.478 e. The van der Waals surface area contributed by atoms with Gasteiger partial charge in [0.2, 0.25) is 0 Å². The summed E-state index contributed by atoms with van der Waals surface area (Å²) in [5.74, 6) is -0.529. The Morgan fingerprint density at radius 3 is 1.97 bits per heavy atom. The fourth-order valence-corrected chi connectivity index (χ4v) is 4.81. The summed E-state index contributed by atoms with van der Waals surface area (Å²) < 4.78 is 10.4. The summed E-state index contributed by atoms with van der Waals surface area (Å²) in [5.41, 5.74) is 0.370. The van der Waals surface area contributed by atoms with Gasteiger partial charge in [0.15, 0.2) is 0 Å². The van der Waals surface area contributed by atoms with Crippen molar-refractivity contribution in [1.29, 1.82) is 0 Å². The van der Waals surface area contributed by atoms with Crippen LogP contribution in [0, 0.1) is 11.8 Å². The van der Waals surface area contributed by atoms with E-state index in [-0.39, 0.29) is 17.2 Å². The molecule has 8 nitrogen and oxygen atoms in total. The Kier molecular flexibility index (Phi) is 7.31. The second kappa shape index (κ2) is 9.79. The summed E-state index contributed by atoms with van der Waals surface area (Å²) in [5, 5.41) is 9.65. The maximum atomic E-state index is 12.3. The number of carbonyl (C=O) groups excluding carboxylic acids is 2. The number of hydrogen-bond acceptors (Lipinski definition) is 6. The number of carbonyl (C=O) groups is 3. The quantitative estimate of drug-likeness (QED) is 0.698. The van der Waals surface area contributed by atoms with Gasteiger partial charge < -0.3 is 24.4 Å². The molecule has 8 heteroatoms. The van der Waals surface area contributed by atoms with Gasteiger partial charge in [-0.15, -0.1) is 0 Å². The van der Waals surface area contributed by atoms with E-state index in [2.05, 4.69) is 0 Å². The molecule has 2 saturated heterocycles. The summed E-state index contributed by atoms with van der Waals surface area (Å²) in [6, 6.07) is 4.72. The van der Waals surface area contributed by atoms with Crippen LogP contribution in [0.3, 0.4) is 0 Å². The molecule has 2 fully saturated rings. The lowest BCUT2D eigenvalue weighted by molar-refractivity contribution is 0.0152. The highest BCUT2D eigenvalue weighted by molar-refractivity contribution is 6.04. The Hall–Kier alpha value is -2.77. The molecule has 0 spiro atoms. The van der Waals surface area contributed by atoms with Crippen molar-refractivity contribution in [2.45, 2.75) is 52.1 Å². The van der Waals surface area contributed by atoms with Crippen molar-refractivity contribution in [2.24, 2.45) is 11.8 Å². The number of nitrogens with zero attached hydrogens (tertiary/aromatic N) is 2. The average molecular weight is 447 g/mol. The molecule has 0 unspecified atom stereocenters. The van der Waals surface area contributed by atoms with Crippen LogP contribution in [0.15, 0.2) is 18.2 Å². The summed E-state index contributed by atoms with van der Waals surface area (Å²) in [6.45, 7) is 8.40.